The molecular formula is C14H20BrNO. The van der Waals surface area contributed by atoms with Crippen molar-refractivity contribution >= 4 is 21.6 Å². The highest BCUT2D eigenvalue weighted by atomic mass is 79.9. The SMILES string of the molecule is CCCN(CC1CC1)c1cc(Br)ccc1CO. The summed E-state index contributed by atoms with van der Waals surface area (Å²) in [5.74, 6) is 0.868. The smallest absolute Gasteiger partial charge is 0.0702 e. The summed E-state index contributed by atoms with van der Waals surface area (Å²) in [6.45, 7) is 4.53. The van der Waals surface area contributed by atoms with Gasteiger partial charge >= 0.3 is 0 Å². The lowest BCUT2D eigenvalue weighted by atomic mass is 10.1. The van der Waals surface area contributed by atoms with E-state index in [2.05, 4.69) is 33.8 Å². The Hall–Kier alpha value is -0.540. The van der Waals surface area contributed by atoms with E-state index >= 15 is 0 Å². The van der Waals surface area contributed by atoms with Crippen molar-refractivity contribution in [2.75, 3.05) is 18.0 Å². The first-order chi connectivity index (χ1) is 8.24. The monoisotopic (exact) mass is 297 g/mol. The highest BCUT2D eigenvalue weighted by Gasteiger charge is 2.25. The van der Waals surface area contributed by atoms with Gasteiger partial charge in [0.15, 0.2) is 0 Å². The van der Waals surface area contributed by atoms with Gasteiger partial charge in [-0.15, -0.1) is 0 Å². The van der Waals surface area contributed by atoms with E-state index in [4.69, 9.17) is 0 Å². The van der Waals surface area contributed by atoms with Gasteiger partial charge in [-0.05, 0) is 37.3 Å². The minimum Gasteiger partial charge on any atom is -0.392 e. The molecule has 0 radical (unpaired) electrons. The minimum absolute atomic E-state index is 0.119. The molecule has 17 heavy (non-hydrogen) atoms. The minimum atomic E-state index is 0.119. The van der Waals surface area contributed by atoms with Crippen LogP contribution in [0.15, 0.2) is 22.7 Å². The molecule has 0 heterocycles. The number of rotatable bonds is 6. The standard InChI is InChI=1S/C14H20BrNO/c1-2-7-16(9-11-3-4-11)14-8-13(15)6-5-12(14)10-17/h5-6,8,11,17H,2-4,7,9-10H2,1H3. The summed E-state index contributed by atoms with van der Waals surface area (Å²) in [7, 11) is 0. The molecule has 1 aromatic carbocycles. The van der Waals surface area contributed by atoms with Crippen molar-refractivity contribution in [1.82, 2.24) is 0 Å². The summed E-state index contributed by atoms with van der Waals surface area (Å²) in [5.41, 5.74) is 2.22. The van der Waals surface area contributed by atoms with Gasteiger partial charge in [0.25, 0.3) is 0 Å². The van der Waals surface area contributed by atoms with E-state index < -0.39 is 0 Å². The Balaban J connectivity index is 2.22. The maximum atomic E-state index is 9.43. The van der Waals surface area contributed by atoms with Crippen LogP contribution >= 0.6 is 15.9 Å². The van der Waals surface area contributed by atoms with Crippen LogP contribution in [-0.2, 0) is 6.61 Å². The van der Waals surface area contributed by atoms with Crippen LogP contribution in [0.1, 0.15) is 31.7 Å². The summed E-state index contributed by atoms with van der Waals surface area (Å²) >= 11 is 3.52. The zero-order chi connectivity index (χ0) is 12.3. The van der Waals surface area contributed by atoms with Gasteiger partial charge in [0.1, 0.15) is 0 Å². The number of aliphatic hydroxyl groups is 1. The molecule has 0 amide bonds. The Morgan fingerprint density at radius 2 is 2.18 bits per heavy atom. The highest BCUT2D eigenvalue weighted by molar-refractivity contribution is 9.10. The molecule has 1 aliphatic carbocycles. The van der Waals surface area contributed by atoms with Gasteiger partial charge in [0.2, 0.25) is 0 Å². The Morgan fingerprint density at radius 3 is 2.76 bits per heavy atom. The van der Waals surface area contributed by atoms with Crippen molar-refractivity contribution in [3.05, 3.63) is 28.2 Å². The van der Waals surface area contributed by atoms with Crippen molar-refractivity contribution in [1.29, 1.82) is 0 Å². The third-order valence-corrected chi connectivity index (χ3v) is 3.72. The number of nitrogens with zero attached hydrogens (tertiary/aromatic N) is 1. The second-order valence-electron chi connectivity index (χ2n) is 4.82. The zero-order valence-electron chi connectivity index (χ0n) is 10.3. The predicted octanol–water partition coefficient (Wildman–Crippen LogP) is 3.57. The lowest BCUT2D eigenvalue weighted by Gasteiger charge is -2.26. The number of halogens is 1. The molecule has 1 aliphatic rings. The van der Waals surface area contributed by atoms with Gasteiger partial charge in [-0.3, -0.25) is 0 Å². The first-order valence-corrected chi connectivity index (χ1v) is 7.18. The molecule has 1 fully saturated rings. The largest absolute Gasteiger partial charge is 0.392 e. The fraction of sp³-hybridized carbons (Fsp3) is 0.571. The molecule has 0 unspecified atom stereocenters. The molecule has 1 N–H and O–H groups in total. The molecule has 0 aromatic heterocycles. The van der Waals surface area contributed by atoms with Crippen molar-refractivity contribution in [3.63, 3.8) is 0 Å². The van der Waals surface area contributed by atoms with Crippen LogP contribution in [0.2, 0.25) is 0 Å². The second kappa shape index (κ2) is 5.87. The van der Waals surface area contributed by atoms with Gasteiger partial charge < -0.3 is 10.0 Å². The third kappa shape index (κ3) is 3.46. The fourth-order valence-corrected chi connectivity index (χ4v) is 2.51. The van der Waals surface area contributed by atoms with E-state index in [1.165, 1.54) is 18.5 Å². The molecule has 2 nitrogen and oxygen atoms in total. The van der Waals surface area contributed by atoms with Crippen molar-refractivity contribution in [3.8, 4) is 0 Å². The average Bonchev–Trinajstić information content (AvgIpc) is 3.12. The average molecular weight is 298 g/mol. The third-order valence-electron chi connectivity index (χ3n) is 3.23. The molecule has 2 rings (SSSR count). The van der Waals surface area contributed by atoms with Crippen LogP contribution in [0.25, 0.3) is 0 Å². The maximum Gasteiger partial charge on any atom is 0.0702 e. The topological polar surface area (TPSA) is 23.5 Å². The van der Waals surface area contributed by atoms with Gasteiger partial charge in [0.05, 0.1) is 6.61 Å². The number of aliphatic hydroxyl groups excluding tert-OH is 1. The van der Waals surface area contributed by atoms with Gasteiger partial charge in [-0.1, -0.05) is 28.9 Å². The molecule has 0 saturated heterocycles. The molecule has 1 saturated carbocycles. The quantitative estimate of drug-likeness (QED) is 0.868. The second-order valence-corrected chi connectivity index (χ2v) is 5.74. The van der Waals surface area contributed by atoms with E-state index in [0.29, 0.717) is 0 Å². The molecular weight excluding hydrogens is 278 g/mol. The Kier molecular flexibility index (Phi) is 4.46. The van der Waals surface area contributed by atoms with Crippen LogP contribution in [0.5, 0.6) is 0 Å². The Labute approximate surface area is 112 Å². The molecule has 3 heteroatoms. The van der Waals surface area contributed by atoms with Crippen LogP contribution in [-0.4, -0.2) is 18.2 Å². The number of anilines is 1. The first kappa shape index (κ1) is 12.9. The number of hydrogen-bond donors (Lipinski definition) is 1. The molecule has 1 aromatic rings. The van der Waals surface area contributed by atoms with E-state index in [-0.39, 0.29) is 6.61 Å². The van der Waals surface area contributed by atoms with Crippen molar-refractivity contribution < 1.29 is 5.11 Å². The lowest BCUT2D eigenvalue weighted by Crippen LogP contribution is -2.27. The van der Waals surface area contributed by atoms with Crippen molar-refractivity contribution in [2.24, 2.45) is 5.92 Å². The molecule has 0 atom stereocenters. The first-order valence-electron chi connectivity index (χ1n) is 6.38. The van der Waals surface area contributed by atoms with Gasteiger partial charge in [-0.25, -0.2) is 0 Å². The van der Waals surface area contributed by atoms with Crippen LogP contribution in [0.4, 0.5) is 5.69 Å². The van der Waals surface area contributed by atoms with Crippen LogP contribution in [0.3, 0.4) is 0 Å². The van der Waals surface area contributed by atoms with Crippen LogP contribution < -0.4 is 4.90 Å². The fourth-order valence-electron chi connectivity index (χ4n) is 2.16. The predicted molar refractivity (Wildman–Crippen MR) is 75.3 cm³/mol. The summed E-state index contributed by atoms with van der Waals surface area (Å²) in [6.07, 6.45) is 3.87. The molecule has 0 aliphatic heterocycles. The molecule has 0 spiro atoms. The number of benzene rings is 1. The summed E-state index contributed by atoms with van der Waals surface area (Å²) in [5, 5.41) is 9.43. The van der Waals surface area contributed by atoms with E-state index in [1.807, 2.05) is 12.1 Å². The summed E-state index contributed by atoms with van der Waals surface area (Å²) in [6, 6.07) is 6.13. The highest BCUT2D eigenvalue weighted by Crippen LogP contribution is 2.33. The Bertz CT molecular complexity index is 376. The normalized spacial score (nSPS) is 15.0. The summed E-state index contributed by atoms with van der Waals surface area (Å²) < 4.78 is 1.08. The number of hydrogen-bond acceptors (Lipinski definition) is 2. The van der Waals surface area contributed by atoms with Gasteiger partial charge in [-0.2, -0.15) is 0 Å². The van der Waals surface area contributed by atoms with E-state index in [1.54, 1.807) is 0 Å². The summed E-state index contributed by atoms with van der Waals surface area (Å²) in [4.78, 5) is 2.42. The van der Waals surface area contributed by atoms with E-state index in [9.17, 15) is 5.11 Å². The zero-order valence-corrected chi connectivity index (χ0v) is 11.9. The molecule has 0 bridgehead atoms. The van der Waals surface area contributed by atoms with Crippen LogP contribution in [0, 0.1) is 5.92 Å². The van der Waals surface area contributed by atoms with E-state index in [0.717, 1.165) is 35.5 Å². The maximum absolute atomic E-state index is 9.43. The van der Waals surface area contributed by atoms with Gasteiger partial charge in [0, 0.05) is 28.8 Å². The Morgan fingerprint density at radius 1 is 1.41 bits per heavy atom. The lowest BCUT2D eigenvalue weighted by molar-refractivity contribution is 0.282. The van der Waals surface area contributed by atoms with Crippen molar-refractivity contribution in [2.45, 2.75) is 32.8 Å². The molecule has 94 valence electrons.